The first-order valence-electron chi connectivity index (χ1n) is 5.76. The molecule has 1 aliphatic heterocycles. The second kappa shape index (κ2) is 6.06. The maximum absolute atomic E-state index is 5.73. The fourth-order valence-electron chi connectivity index (χ4n) is 1.94. The Morgan fingerprint density at radius 1 is 1.44 bits per heavy atom. The first-order valence-corrected chi connectivity index (χ1v) is 6.75. The first-order chi connectivity index (χ1) is 7.86. The summed E-state index contributed by atoms with van der Waals surface area (Å²) >= 11 is 1.71. The number of piperidine rings is 1. The van der Waals surface area contributed by atoms with Crippen molar-refractivity contribution >= 4 is 17.6 Å². The molecule has 0 aliphatic carbocycles. The quantitative estimate of drug-likeness (QED) is 0.779. The molecular weight excluding hydrogens is 220 g/mol. The molecule has 1 fully saturated rings. The van der Waals surface area contributed by atoms with Crippen LogP contribution in [0.3, 0.4) is 0 Å². The Kier molecular flexibility index (Phi) is 4.42. The number of nitrogens with two attached hydrogens (primary N) is 1. The van der Waals surface area contributed by atoms with E-state index in [-0.39, 0.29) is 0 Å². The third-order valence-corrected chi connectivity index (χ3v) is 3.88. The third-order valence-electron chi connectivity index (χ3n) is 2.86. The fourth-order valence-corrected chi connectivity index (χ4v) is 2.92. The molecule has 16 heavy (non-hydrogen) atoms. The van der Waals surface area contributed by atoms with Crippen molar-refractivity contribution < 1.29 is 0 Å². The zero-order valence-corrected chi connectivity index (χ0v) is 10.2. The van der Waals surface area contributed by atoms with E-state index in [2.05, 4.69) is 15.3 Å². The Bertz CT molecular complexity index is 326. The molecule has 1 unspecified atom stereocenters. The highest BCUT2D eigenvalue weighted by molar-refractivity contribution is 7.99. The molecular formula is C11H18N4S. The average molecular weight is 238 g/mol. The smallest absolute Gasteiger partial charge is 0.156 e. The van der Waals surface area contributed by atoms with Crippen LogP contribution in [0.4, 0.5) is 5.82 Å². The van der Waals surface area contributed by atoms with Gasteiger partial charge in [0.25, 0.3) is 0 Å². The third kappa shape index (κ3) is 3.35. The highest BCUT2D eigenvalue weighted by Crippen LogP contribution is 2.23. The van der Waals surface area contributed by atoms with Gasteiger partial charge < -0.3 is 11.1 Å². The number of nitrogen functional groups attached to an aromatic ring is 1. The van der Waals surface area contributed by atoms with Crippen molar-refractivity contribution in [3.63, 3.8) is 0 Å². The lowest BCUT2D eigenvalue weighted by Gasteiger charge is -2.22. The van der Waals surface area contributed by atoms with E-state index in [0.717, 1.165) is 23.2 Å². The van der Waals surface area contributed by atoms with E-state index in [4.69, 9.17) is 5.73 Å². The van der Waals surface area contributed by atoms with Gasteiger partial charge >= 0.3 is 0 Å². The van der Waals surface area contributed by atoms with Crippen molar-refractivity contribution in [2.45, 2.75) is 24.3 Å². The van der Waals surface area contributed by atoms with Gasteiger partial charge in [-0.15, -0.1) is 11.8 Å². The van der Waals surface area contributed by atoms with Crippen molar-refractivity contribution in [2.24, 2.45) is 5.92 Å². The highest BCUT2D eigenvalue weighted by Gasteiger charge is 2.12. The van der Waals surface area contributed by atoms with Crippen LogP contribution < -0.4 is 11.1 Å². The Balaban J connectivity index is 1.73. The molecule has 1 atom stereocenters. The summed E-state index contributed by atoms with van der Waals surface area (Å²) in [6.45, 7) is 2.34. The average Bonchev–Trinajstić information content (AvgIpc) is 2.33. The van der Waals surface area contributed by atoms with E-state index in [1.54, 1.807) is 24.2 Å². The monoisotopic (exact) mass is 238 g/mol. The van der Waals surface area contributed by atoms with Crippen LogP contribution in [-0.2, 0) is 0 Å². The summed E-state index contributed by atoms with van der Waals surface area (Å²) in [7, 11) is 0. The molecule has 0 radical (unpaired) electrons. The number of anilines is 1. The van der Waals surface area contributed by atoms with Crippen LogP contribution in [0, 0.1) is 5.92 Å². The maximum Gasteiger partial charge on any atom is 0.156 e. The summed E-state index contributed by atoms with van der Waals surface area (Å²) in [4.78, 5) is 8.25. The zero-order valence-electron chi connectivity index (χ0n) is 9.35. The molecule has 1 aromatic heterocycles. The van der Waals surface area contributed by atoms with Crippen LogP contribution in [0.2, 0.25) is 0 Å². The lowest BCUT2D eigenvalue weighted by atomic mass is 9.97. The van der Waals surface area contributed by atoms with Crippen molar-refractivity contribution in [1.82, 2.24) is 15.3 Å². The minimum absolute atomic E-state index is 0.550. The van der Waals surface area contributed by atoms with Gasteiger partial charge in [0, 0.05) is 12.4 Å². The molecule has 3 N–H and O–H groups in total. The van der Waals surface area contributed by atoms with Crippen LogP contribution in [-0.4, -0.2) is 28.8 Å². The summed E-state index contributed by atoms with van der Waals surface area (Å²) in [5.41, 5.74) is 5.73. The molecule has 0 amide bonds. The Hall–Kier alpha value is -0.810. The van der Waals surface area contributed by atoms with E-state index < -0.39 is 0 Å². The molecule has 0 spiro atoms. The van der Waals surface area contributed by atoms with Gasteiger partial charge in [-0.1, -0.05) is 0 Å². The van der Waals surface area contributed by atoms with Gasteiger partial charge in [-0.05, 0) is 44.0 Å². The first kappa shape index (κ1) is 11.7. The second-order valence-corrected chi connectivity index (χ2v) is 5.18. The number of hydrogen-bond donors (Lipinski definition) is 2. The summed E-state index contributed by atoms with van der Waals surface area (Å²) in [6.07, 6.45) is 7.21. The van der Waals surface area contributed by atoms with Gasteiger partial charge in [0.05, 0.1) is 0 Å². The number of aromatic nitrogens is 2. The minimum Gasteiger partial charge on any atom is -0.381 e. The van der Waals surface area contributed by atoms with Crippen LogP contribution in [0.1, 0.15) is 19.3 Å². The lowest BCUT2D eigenvalue weighted by Crippen LogP contribution is -2.29. The van der Waals surface area contributed by atoms with E-state index in [1.165, 1.54) is 25.8 Å². The summed E-state index contributed by atoms with van der Waals surface area (Å²) in [6, 6.07) is 0. The van der Waals surface area contributed by atoms with Crippen molar-refractivity contribution in [1.29, 1.82) is 0 Å². The largest absolute Gasteiger partial charge is 0.381 e. The molecule has 2 heterocycles. The van der Waals surface area contributed by atoms with Gasteiger partial charge in [-0.2, -0.15) is 0 Å². The van der Waals surface area contributed by atoms with E-state index in [9.17, 15) is 0 Å². The Labute approximate surface area is 100 Å². The summed E-state index contributed by atoms with van der Waals surface area (Å²) < 4.78 is 0. The number of rotatable bonds is 4. The second-order valence-electron chi connectivity index (χ2n) is 4.10. The fraction of sp³-hybridized carbons (Fsp3) is 0.636. The maximum atomic E-state index is 5.73. The van der Waals surface area contributed by atoms with Gasteiger partial charge in [0.1, 0.15) is 5.03 Å². The topological polar surface area (TPSA) is 63.8 Å². The SMILES string of the molecule is Nc1nccnc1SCCC1CCCNC1. The van der Waals surface area contributed by atoms with Gasteiger partial charge in [0.15, 0.2) is 5.82 Å². The van der Waals surface area contributed by atoms with E-state index in [0.29, 0.717) is 5.82 Å². The van der Waals surface area contributed by atoms with Gasteiger partial charge in [-0.25, -0.2) is 9.97 Å². The van der Waals surface area contributed by atoms with Crippen LogP contribution >= 0.6 is 11.8 Å². The van der Waals surface area contributed by atoms with Gasteiger partial charge in [0.2, 0.25) is 0 Å². The molecule has 1 aromatic rings. The predicted molar refractivity (Wildman–Crippen MR) is 67.4 cm³/mol. The lowest BCUT2D eigenvalue weighted by molar-refractivity contribution is 0.371. The van der Waals surface area contributed by atoms with Crippen molar-refractivity contribution in [3.8, 4) is 0 Å². The molecule has 0 bridgehead atoms. The molecule has 1 saturated heterocycles. The molecule has 4 nitrogen and oxygen atoms in total. The molecule has 0 saturated carbocycles. The summed E-state index contributed by atoms with van der Waals surface area (Å²) in [5, 5.41) is 4.30. The van der Waals surface area contributed by atoms with Crippen LogP contribution in [0.5, 0.6) is 0 Å². The predicted octanol–water partition coefficient (Wildman–Crippen LogP) is 1.54. The number of hydrogen-bond acceptors (Lipinski definition) is 5. The van der Waals surface area contributed by atoms with Crippen molar-refractivity contribution in [2.75, 3.05) is 24.6 Å². The van der Waals surface area contributed by atoms with E-state index >= 15 is 0 Å². The zero-order chi connectivity index (χ0) is 11.2. The Morgan fingerprint density at radius 3 is 3.06 bits per heavy atom. The number of nitrogens with one attached hydrogen (secondary N) is 1. The highest BCUT2D eigenvalue weighted by atomic mass is 32.2. The van der Waals surface area contributed by atoms with Crippen LogP contribution in [0.15, 0.2) is 17.4 Å². The van der Waals surface area contributed by atoms with E-state index in [1.807, 2.05) is 0 Å². The van der Waals surface area contributed by atoms with Gasteiger partial charge in [-0.3, -0.25) is 0 Å². The Morgan fingerprint density at radius 2 is 2.31 bits per heavy atom. The molecule has 1 aliphatic rings. The number of thioether (sulfide) groups is 1. The molecule has 0 aromatic carbocycles. The normalized spacial score (nSPS) is 20.9. The van der Waals surface area contributed by atoms with Crippen molar-refractivity contribution in [3.05, 3.63) is 12.4 Å². The number of nitrogens with zero attached hydrogens (tertiary/aromatic N) is 2. The standard InChI is InChI=1S/C11H18N4S/c12-10-11(15-6-5-14-10)16-7-3-9-2-1-4-13-8-9/h5-6,9,13H,1-4,7-8H2,(H2,12,14). The summed E-state index contributed by atoms with van der Waals surface area (Å²) in [5.74, 6) is 2.45. The minimum atomic E-state index is 0.550. The van der Waals surface area contributed by atoms with Crippen LogP contribution in [0.25, 0.3) is 0 Å². The molecule has 2 rings (SSSR count). The molecule has 5 heteroatoms. The molecule has 88 valence electrons.